The van der Waals surface area contributed by atoms with Crippen molar-refractivity contribution < 1.29 is 19.4 Å². The summed E-state index contributed by atoms with van der Waals surface area (Å²) in [6, 6.07) is 18.1. The first kappa shape index (κ1) is 25.2. The Labute approximate surface area is 218 Å². The Bertz CT molecular complexity index is 1260. The number of aromatic nitrogens is 1. The molecule has 0 aliphatic carbocycles. The number of carboxylic acids is 1. The number of carbonyl (C=O) groups is 1. The number of ether oxygens (including phenoxy) is 2. The van der Waals surface area contributed by atoms with Crippen LogP contribution in [0.25, 0.3) is 11.3 Å². The topological polar surface area (TPSA) is 83.9 Å². The maximum atomic E-state index is 11.8. The van der Waals surface area contributed by atoms with E-state index in [0.29, 0.717) is 26.2 Å². The van der Waals surface area contributed by atoms with Crippen molar-refractivity contribution in [3.63, 3.8) is 0 Å². The highest BCUT2D eigenvalue weighted by Crippen LogP contribution is 2.34. The van der Waals surface area contributed by atoms with E-state index in [0.717, 1.165) is 48.8 Å². The van der Waals surface area contributed by atoms with Gasteiger partial charge in [0, 0.05) is 19.2 Å². The molecule has 194 valence electrons. The van der Waals surface area contributed by atoms with E-state index in [2.05, 4.69) is 29.3 Å². The molecule has 1 fully saturated rings. The normalized spacial score (nSPS) is 19.4. The zero-order valence-electron chi connectivity index (χ0n) is 21.6. The fourth-order valence-electron chi connectivity index (χ4n) is 5.66. The molecule has 0 bridgehead atoms. The number of benzene rings is 2. The number of hydrogen-bond acceptors (Lipinski definition) is 6. The Hall–Kier alpha value is -3.42. The van der Waals surface area contributed by atoms with Gasteiger partial charge in [-0.25, -0.2) is 4.98 Å². The van der Waals surface area contributed by atoms with Gasteiger partial charge in [-0.15, -0.1) is 0 Å². The number of methoxy groups -OCH3 is 1. The summed E-state index contributed by atoms with van der Waals surface area (Å²) < 4.78 is 11.7. The van der Waals surface area contributed by atoms with Gasteiger partial charge in [-0.2, -0.15) is 0 Å². The first-order valence-corrected chi connectivity index (χ1v) is 13.1. The Balaban J connectivity index is 1.38. The fraction of sp³-hybridized carbons (Fsp3) is 0.400. The van der Waals surface area contributed by atoms with Gasteiger partial charge in [-0.3, -0.25) is 4.79 Å². The number of hydrogen-bond donors (Lipinski definition) is 2. The molecule has 2 atom stereocenters. The van der Waals surface area contributed by atoms with Gasteiger partial charge in [-0.05, 0) is 85.8 Å². The van der Waals surface area contributed by atoms with E-state index in [4.69, 9.17) is 14.5 Å². The van der Waals surface area contributed by atoms with Crippen LogP contribution < -0.4 is 15.0 Å². The first-order valence-electron chi connectivity index (χ1n) is 13.1. The molecule has 2 aliphatic rings. The molecule has 2 aliphatic heterocycles. The molecule has 0 spiro atoms. The maximum Gasteiger partial charge on any atom is 0.308 e. The molecule has 37 heavy (non-hydrogen) atoms. The standard InChI is InChI=1S/C30H35N3O4/c1-20-22(11-10-21-12-15-31-16-13-23(20)21)18-37-28-8-4-3-6-24(28)26-7-5-9-29(32-26)33-17-14-25(30(34)35)27(33)19-36-2/h3-11,25,27,31H,12-19H2,1-2H3,(H,34,35)/t25-,27-/m1/s1. The second-order valence-electron chi connectivity index (χ2n) is 9.85. The lowest BCUT2D eigenvalue weighted by Gasteiger charge is -2.27. The van der Waals surface area contributed by atoms with Crippen LogP contribution in [0, 0.1) is 12.8 Å². The summed E-state index contributed by atoms with van der Waals surface area (Å²) in [6.07, 6.45) is 2.69. The number of nitrogens with zero attached hydrogens (tertiary/aromatic N) is 2. The number of carboxylic acid groups (broad SMARTS) is 1. The summed E-state index contributed by atoms with van der Waals surface area (Å²) in [5, 5.41) is 13.2. The summed E-state index contributed by atoms with van der Waals surface area (Å²) in [7, 11) is 1.61. The maximum absolute atomic E-state index is 11.8. The van der Waals surface area contributed by atoms with Crippen LogP contribution in [0.15, 0.2) is 54.6 Å². The second-order valence-corrected chi connectivity index (χ2v) is 9.85. The van der Waals surface area contributed by atoms with Crippen molar-refractivity contribution in [1.29, 1.82) is 0 Å². The van der Waals surface area contributed by atoms with Crippen molar-refractivity contribution in [2.24, 2.45) is 5.92 Å². The van der Waals surface area contributed by atoms with Crippen molar-refractivity contribution in [2.75, 3.05) is 38.3 Å². The number of nitrogens with one attached hydrogen (secondary N) is 1. The van der Waals surface area contributed by atoms with Crippen LogP contribution in [-0.2, 0) is 29.0 Å². The van der Waals surface area contributed by atoms with E-state index in [9.17, 15) is 9.90 Å². The molecule has 1 aromatic heterocycles. The largest absolute Gasteiger partial charge is 0.488 e. The van der Waals surface area contributed by atoms with Crippen LogP contribution in [0.1, 0.15) is 28.7 Å². The van der Waals surface area contributed by atoms with E-state index in [1.54, 1.807) is 7.11 Å². The third-order valence-electron chi connectivity index (χ3n) is 7.71. The van der Waals surface area contributed by atoms with E-state index < -0.39 is 11.9 Å². The monoisotopic (exact) mass is 501 g/mol. The predicted molar refractivity (Wildman–Crippen MR) is 144 cm³/mol. The highest BCUT2D eigenvalue weighted by Gasteiger charge is 2.39. The Morgan fingerprint density at radius 2 is 1.95 bits per heavy atom. The third-order valence-corrected chi connectivity index (χ3v) is 7.71. The summed E-state index contributed by atoms with van der Waals surface area (Å²) >= 11 is 0. The van der Waals surface area contributed by atoms with Gasteiger partial charge >= 0.3 is 5.97 Å². The fourth-order valence-corrected chi connectivity index (χ4v) is 5.66. The molecular formula is C30H35N3O4. The number of fused-ring (bicyclic) bond motifs is 1. The minimum absolute atomic E-state index is 0.247. The van der Waals surface area contributed by atoms with E-state index in [1.807, 2.05) is 42.5 Å². The second kappa shape index (κ2) is 11.3. The van der Waals surface area contributed by atoms with Gasteiger partial charge in [0.2, 0.25) is 0 Å². The van der Waals surface area contributed by atoms with Crippen LogP contribution in [-0.4, -0.2) is 55.5 Å². The van der Waals surface area contributed by atoms with Gasteiger partial charge in [0.05, 0.1) is 24.3 Å². The average Bonchev–Trinajstić information content (AvgIpc) is 3.18. The lowest BCUT2D eigenvalue weighted by molar-refractivity contribution is -0.142. The molecule has 3 heterocycles. The Morgan fingerprint density at radius 1 is 1.11 bits per heavy atom. The average molecular weight is 502 g/mol. The molecule has 0 radical (unpaired) electrons. The smallest absolute Gasteiger partial charge is 0.308 e. The lowest BCUT2D eigenvalue weighted by Crippen LogP contribution is -2.39. The number of aliphatic carboxylic acids is 1. The highest BCUT2D eigenvalue weighted by atomic mass is 16.5. The van der Waals surface area contributed by atoms with Gasteiger partial charge in [0.15, 0.2) is 0 Å². The SMILES string of the molecule is COC[C@@H]1[C@H](C(=O)O)CCN1c1cccc(-c2ccccc2OCc2ccc3c(c2C)CCNCC3)n1. The molecule has 1 saturated heterocycles. The summed E-state index contributed by atoms with van der Waals surface area (Å²) in [6.45, 7) is 5.72. The molecule has 5 rings (SSSR count). The lowest BCUT2D eigenvalue weighted by atomic mass is 9.94. The summed E-state index contributed by atoms with van der Waals surface area (Å²) in [4.78, 5) is 18.8. The molecule has 0 unspecified atom stereocenters. The Kier molecular flexibility index (Phi) is 7.72. The van der Waals surface area contributed by atoms with Crippen molar-refractivity contribution in [1.82, 2.24) is 10.3 Å². The van der Waals surface area contributed by atoms with E-state index >= 15 is 0 Å². The zero-order chi connectivity index (χ0) is 25.8. The van der Waals surface area contributed by atoms with Crippen molar-refractivity contribution in [3.8, 4) is 17.0 Å². The Morgan fingerprint density at radius 3 is 2.78 bits per heavy atom. The van der Waals surface area contributed by atoms with Crippen LogP contribution in [0.3, 0.4) is 0 Å². The van der Waals surface area contributed by atoms with Gasteiger partial charge in [0.25, 0.3) is 0 Å². The van der Waals surface area contributed by atoms with Gasteiger partial charge in [-0.1, -0.05) is 30.3 Å². The van der Waals surface area contributed by atoms with Gasteiger partial charge in [0.1, 0.15) is 18.2 Å². The van der Waals surface area contributed by atoms with E-state index in [-0.39, 0.29) is 6.04 Å². The minimum Gasteiger partial charge on any atom is -0.488 e. The molecule has 3 aromatic rings. The van der Waals surface area contributed by atoms with Crippen LogP contribution in [0.5, 0.6) is 5.75 Å². The number of rotatable bonds is 8. The molecule has 7 heteroatoms. The molecular weight excluding hydrogens is 466 g/mol. The van der Waals surface area contributed by atoms with Crippen molar-refractivity contribution >= 4 is 11.8 Å². The van der Waals surface area contributed by atoms with Crippen molar-refractivity contribution in [3.05, 3.63) is 76.9 Å². The van der Waals surface area contributed by atoms with Crippen LogP contribution in [0.2, 0.25) is 0 Å². The van der Waals surface area contributed by atoms with Crippen LogP contribution in [0.4, 0.5) is 5.82 Å². The molecule has 2 N–H and O–H groups in total. The van der Waals surface area contributed by atoms with E-state index in [1.165, 1.54) is 22.3 Å². The predicted octanol–water partition coefficient (Wildman–Crippen LogP) is 4.25. The van der Waals surface area contributed by atoms with Crippen molar-refractivity contribution in [2.45, 2.75) is 38.8 Å². The quantitative estimate of drug-likeness (QED) is 0.477. The van der Waals surface area contributed by atoms with Gasteiger partial charge < -0.3 is 24.8 Å². The zero-order valence-corrected chi connectivity index (χ0v) is 21.6. The third kappa shape index (κ3) is 5.33. The minimum atomic E-state index is -0.788. The molecule has 7 nitrogen and oxygen atoms in total. The summed E-state index contributed by atoms with van der Waals surface area (Å²) in [5.41, 5.74) is 7.13. The number of para-hydroxylation sites is 1. The molecule has 0 amide bonds. The first-order chi connectivity index (χ1) is 18.1. The number of anilines is 1. The molecule has 2 aromatic carbocycles. The highest BCUT2D eigenvalue weighted by molar-refractivity contribution is 5.73. The number of pyridine rings is 1. The molecule has 0 saturated carbocycles. The summed E-state index contributed by atoms with van der Waals surface area (Å²) in [5.74, 6) is 0.277. The van der Waals surface area contributed by atoms with Crippen LogP contribution >= 0.6 is 0 Å².